The maximum Gasteiger partial charge on any atom is 0.312 e. The van der Waals surface area contributed by atoms with Crippen LogP contribution in [0.4, 0.5) is 5.69 Å². The van der Waals surface area contributed by atoms with Gasteiger partial charge in [0.2, 0.25) is 0 Å². The first-order valence-electron chi connectivity index (χ1n) is 7.53. The van der Waals surface area contributed by atoms with Crippen LogP contribution in [0.25, 0.3) is 0 Å². The molecular weight excluding hydrogens is 322 g/mol. The molecule has 0 heterocycles. The van der Waals surface area contributed by atoms with E-state index in [0.29, 0.717) is 6.54 Å². The van der Waals surface area contributed by atoms with Crippen molar-refractivity contribution in [1.29, 1.82) is 0 Å². The maximum atomic E-state index is 12.2. The fourth-order valence-electron chi connectivity index (χ4n) is 2.79. The Morgan fingerprint density at radius 3 is 2.96 bits per heavy atom. The SMILES string of the molecule is CC(Oc1ccc(Cl)cc1[N+](=O)[O-])C(=O)NC1CCCC1CN. The second kappa shape index (κ2) is 7.61. The number of hydrogen-bond acceptors (Lipinski definition) is 5. The van der Waals surface area contributed by atoms with E-state index in [9.17, 15) is 14.9 Å². The standard InChI is InChI=1S/C15H20ClN3O4/c1-9(15(20)18-12-4-2-3-10(12)8-17)23-14-6-5-11(16)7-13(14)19(21)22/h5-7,9-10,12H,2-4,8,17H2,1H3,(H,18,20). The zero-order valence-electron chi connectivity index (χ0n) is 12.8. The maximum absolute atomic E-state index is 12.2. The molecule has 1 aromatic carbocycles. The average molecular weight is 342 g/mol. The summed E-state index contributed by atoms with van der Waals surface area (Å²) in [5, 5.41) is 14.2. The molecule has 8 heteroatoms. The summed E-state index contributed by atoms with van der Waals surface area (Å²) < 4.78 is 5.46. The second-order valence-electron chi connectivity index (χ2n) is 5.67. The van der Waals surface area contributed by atoms with E-state index < -0.39 is 11.0 Å². The molecule has 1 fully saturated rings. The third-order valence-corrected chi connectivity index (χ3v) is 4.32. The fourth-order valence-corrected chi connectivity index (χ4v) is 2.95. The predicted octanol–water partition coefficient (Wildman–Crippen LogP) is 2.26. The van der Waals surface area contributed by atoms with Crippen molar-refractivity contribution in [1.82, 2.24) is 5.32 Å². The molecule has 126 valence electrons. The highest BCUT2D eigenvalue weighted by Gasteiger charge is 2.29. The third-order valence-electron chi connectivity index (χ3n) is 4.08. The molecule has 2 rings (SSSR count). The number of nitrogens with one attached hydrogen (secondary N) is 1. The highest BCUT2D eigenvalue weighted by Crippen LogP contribution is 2.31. The summed E-state index contributed by atoms with van der Waals surface area (Å²) in [5.74, 6) is -0.0144. The number of hydrogen-bond donors (Lipinski definition) is 2. The average Bonchev–Trinajstić information content (AvgIpc) is 2.95. The van der Waals surface area contributed by atoms with Gasteiger partial charge >= 0.3 is 5.69 Å². The molecule has 1 amide bonds. The van der Waals surface area contributed by atoms with Crippen LogP contribution in [0, 0.1) is 16.0 Å². The summed E-state index contributed by atoms with van der Waals surface area (Å²) in [7, 11) is 0. The van der Waals surface area contributed by atoms with Gasteiger partial charge in [0.05, 0.1) is 4.92 Å². The van der Waals surface area contributed by atoms with Gasteiger partial charge in [0.1, 0.15) is 0 Å². The lowest BCUT2D eigenvalue weighted by Gasteiger charge is -2.22. The number of rotatable bonds is 6. The fraction of sp³-hybridized carbons (Fsp3) is 0.533. The van der Waals surface area contributed by atoms with Crippen LogP contribution >= 0.6 is 11.6 Å². The number of nitrogens with two attached hydrogens (primary N) is 1. The molecule has 0 spiro atoms. The number of ether oxygens (including phenoxy) is 1. The van der Waals surface area contributed by atoms with Crippen molar-refractivity contribution in [3.63, 3.8) is 0 Å². The monoisotopic (exact) mass is 341 g/mol. The molecule has 0 radical (unpaired) electrons. The lowest BCUT2D eigenvalue weighted by molar-refractivity contribution is -0.386. The summed E-state index contributed by atoms with van der Waals surface area (Å²) in [5.41, 5.74) is 5.43. The number of benzene rings is 1. The molecule has 1 aliphatic carbocycles. The third kappa shape index (κ3) is 4.33. The van der Waals surface area contributed by atoms with Gasteiger partial charge in [-0.05, 0) is 44.4 Å². The Kier molecular flexibility index (Phi) is 5.79. The molecule has 0 aromatic heterocycles. The summed E-state index contributed by atoms with van der Waals surface area (Å²) in [6.45, 7) is 2.09. The molecule has 7 nitrogen and oxygen atoms in total. The summed E-state index contributed by atoms with van der Waals surface area (Å²) >= 11 is 5.75. The highest BCUT2D eigenvalue weighted by atomic mass is 35.5. The molecule has 0 bridgehead atoms. The summed E-state index contributed by atoms with van der Waals surface area (Å²) in [4.78, 5) is 22.7. The number of nitro benzene ring substituents is 1. The van der Waals surface area contributed by atoms with Crippen LogP contribution in [0.5, 0.6) is 5.75 Å². The van der Waals surface area contributed by atoms with E-state index in [1.54, 1.807) is 6.92 Å². The summed E-state index contributed by atoms with van der Waals surface area (Å²) in [6, 6.07) is 4.11. The Hall–Kier alpha value is -1.86. The van der Waals surface area contributed by atoms with E-state index in [1.807, 2.05) is 0 Å². The van der Waals surface area contributed by atoms with Gasteiger partial charge in [-0.3, -0.25) is 14.9 Å². The van der Waals surface area contributed by atoms with Crippen LogP contribution in [0.1, 0.15) is 26.2 Å². The summed E-state index contributed by atoms with van der Waals surface area (Å²) in [6.07, 6.45) is 2.07. The van der Waals surface area contributed by atoms with Crippen LogP contribution in [0.3, 0.4) is 0 Å². The smallest absolute Gasteiger partial charge is 0.312 e. The van der Waals surface area contributed by atoms with Crippen molar-refractivity contribution in [2.75, 3.05) is 6.54 Å². The van der Waals surface area contributed by atoms with Crippen molar-refractivity contribution in [2.45, 2.75) is 38.3 Å². The zero-order chi connectivity index (χ0) is 17.0. The van der Waals surface area contributed by atoms with E-state index in [2.05, 4.69) is 5.32 Å². The Morgan fingerprint density at radius 1 is 1.57 bits per heavy atom. The Bertz CT molecular complexity index is 596. The van der Waals surface area contributed by atoms with Crippen molar-refractivity contribution < 1.29 is 14.5 Å². The zero-order valence-corrected chi connectivity index (χ0v) is 13.6. The number of nitrogens with zero attached hydrogens (tertiary/aromatic N) is 1. The van der Waals surface area contributed by atoms with Gasteiger partial charge in [-0.15, -0.1) is 0 Å². The lowest BCUT2D eigenvalue weighted by Crippen LogP contribution is -2.45. The van der Waals surface area contributed by atoms with Crippen LogP contribution in [-0.4, -0.2) is 29.5 Å². The van der Waals surface area contributed by atoms with Gasteiger partial charge in [0.25, 0.3) is 5.91 Å². The van der Waals surface area contributed by atoms with Crippen molar-refractivity contribution in [3.8, 4) is 5.75 Å². The Balaban J connectivity index is 2.02. The molecule has 23 heavy (non-hydrogen) atoms. The minimum atomic E-state index is -0.853. The van der Waals surface area contributed by atoms with Crippen molar-refractivity contribution >= 4 is 23.2 Å². The van der Waals surface area contributed by atoms with Crippen LogP contribution in [-0.2, 0) is 4.79 Å². The van der Waals surface area contributed by atoms with Crippen molar-refractivity contribution in [3.05, 3.63) is 33.3 Å². The number of carbonyl (C=O) groups excluding carboxylic acids is 1. The Labute approximate surface area is 139 Å². The Morgan fingerprint density at radius 2 is 2.30 bits per heavy atom. The van der Waals surface area contributed by atoms with Gasteiger partial charge in [0.15, 0.2) is 11.9 Å². The van der Waals surface area contributed by atoms with Gasteiger partial charge in [-0.25, -0.2) is 0 Å². The molecule has 1 saturated carbocycles. The van der Waals surface area contributed by atoms with E-state index in [4.69, 9.17) is 22.1 Å². The van der Waals surface area contributed by atoms with E-state index in [1.165, 1.54) is 18.2 Å². The largest absolute Gasteiger partial charge is 0.474 e. The predicted molar refractivity (Wildman–Crippen MR) is 86.5 cm³/mol. The van der Waals surface area contributed by atoms with Crippen LogP contribution < -0.4 is 15.8 Å². The number of carbonyl (C=O) groups is 1. The van der Waals surface area contributed by atoms with Gasteiger partial charge in [-0.2, -0.15) is 0 Å². The minimum absolute atomic E-state index is 0.0175. The number of halogens is 1. The molecule has 3 atom stereocenters. The van der Waals surface area contributed by atoms with E-state index in [-0.39, 0.29) is 34.3 Å². The highest BCUT2D eigenvalue weighted by molar-refractivity contribution is 6.30. The topological polar surface area (TPSA) is 107 Å². The van der Waals surface area contributed by atoms with Gasteiger partial charge in [-0.1, -0.05) is 18.0 Å². The minimum Gasteiger partial charge on any atom is -0.474 e. The van der Waals surface area contributed by atoms with E-state index in [0.717, 1.165) is 19.3 Å². The molecule has 0 saturated heterocycles. The van der Waals surface area contributed by atoms with Crippen LogP contribution in [0.15, 0.2) is 18.2 Å². The number of amides is 1. The molecular formula is C15H20ClN3O4. The van der Waals surface area contributed by atoms with Crippen LogP contribution in [0.2, 0.25) is 5.02 Å². The molecule has 3 N–H and O–H groups in total. The molecule has 1 aromatic rings. The lowest BCUT2D eigenvalue weighted by atomic mass is 10.0. The van der Waals surface area contributed by atoms with Gasteiger partial charge < -0.3 is 15.8 Å². The van der Waals surface area contributed by atoms with Crippen molar-refractivity contribution in [2.24, 2.45) is 11.7 Å². The number of nitro groups is 1. The molecule has 0 aliphatic heterocycles. The molecule has 3 unspecified atom stereocenters. The van der Waals surface area contributed by atoms with E-state index >= 15 is 0 Å². The first-order valence-corrected chi connectivity index (χ1v) is 7.91. The quantitative estimate of drug-likeness (QED) is 0.609. The molecule has 1 aliphatic rings. The first kappa shape index (κ1) is 17.5. The van der Waals surface area contributed by atoms with Gasteiger partial charge in [0, 0.05) is 17.1 Å². The first-order chi connectivity index (χ1) is 10.9. The second-order valence-corrected chi connectivity index (χ2v) is 6.11. The normalized spacial score (nSPS) is 21.7.